The number of nitrogens with one attached hydrogen (secondary N) is 1. The number of nitrogens with zero attached hydrogens (tertiary/aromatic N) is 3. The van der Waals surface area contributed by atoms with Gasteiger partial charge in [0.2, 0.25) is 5.88 Å². The van der Waals surface area contributed by atoms with Gasteiger partial charge in [0.1, 0.15) is 5.75 Å². The first kappa shape index (κ1) is 15.6. The molecule has 0 saturated carbocycles. The zero-order valence-corrected chi connectivity index (χ0v) is 13.7. The van der Waals surface area contributed by atoms with E-state index in [9.17, 15) is 0 Å². The minimum Gasteiger partial charge on any atom is -0.437 e. The SMILES string of the molecule is C#Cc1cccc(NCc2c(C)nn(C)c2Oc2cccnc2)c1. The van der Waals surface area contributed by atoms with Gasteiger partial charge < -0.3 is 10.1 Å². The molecule has 1 N–H and O–H groups in total. The van der Waals surface area contributed by atoms with Crippen LogP contribution in [0.4, 0.5) is 5.69 Å². The first-order chi connectivity index (χ1) is 11.7. The fourth-order valence-corrected chi connectivity index (χ4v) is 2.44. The third kappa shape index (κ3) is 3.39. The molecule has 0 bridgehead atoms. The molecule has 0 radical (unpaired) electrons. The number of hydrogen-bond acceptors (Lipinski definition) is 4. The lowest BCUT2D eigenvalue weighted by Gasteiger charge is -2.10. The van der Waals surface area contributed by atoms with E-state index in [-0.39, 0.29) is 0 Å². The van der Waals surface area contributed by atoms with Gasteiger partial charge >= 0.3 is 0 Å². The van der Waals surface area contributed by atoms with Gasteiger partial charge in [-0.3, -0.25) is 4.98 Å². The lowest BCUT2D eigenvalue weighted by molar-refractivity contribution is 0.425. The van der Waals surface area contributed by atoms with Crippen LogP contribution < -0.4 is 10.1 Å². The van der Waals surface area contributed by atoms with Crippen LogP contribution in [-0.2, 0) is 13.6 Å². The Morgan fingerprint density at radius 3 is 2.92 bits per heavy atom. The van der Waals surface area contributed by atoms with E-state index in [1.165, 1.54) is 0 Å². The number of aryl methyl sites for hydroxylation is 2. The molecule has 3 aromatic rings. The van der Waals surface area contributed by atoms with Crippen molar-refractivity contribution in [3.8, 4) is 24.0 Å². The van der Waals surface area contributed by atoms with Gasteiger partial charge in [0.05, 0.1) is 17.5 Å². The highest BCUT2D eigenvalue weighted by molar-refractivity contribution is 5.51. The van der Waals surface area contributed by atoms with Crippen LogP contribution in [0.15, 0.2) is 48.8 Å². The summed E-state index contributed by atoms with van der Waals surface area (Å²) in [7, 11) is 1.86. The molecule has 120 valence electrons. The normalized spacial score (nSPS) is 10.2. The highest BCUT2D eigenvalue weighted by atomic mass is 16.5. The summed E-state index contributed by atoms with van der Waals surface area (Å²) in [6.07, 6.45) is 8.83. The number of pyridine rings is 1. The summed E-state index contributed by atoms with van der Waals surface area (Å²) in [4.78, 5) is 4.07. The molecular formula is C19H18N4O. The maximum atomic E-state index is 5.96. The first-order valence-corrected chi connectivity index (χ1v) is 7.58. The third-order valence-electron chi connectivity index (χ3n) is 3.64. The minimum atomic E-state index is 0.587. The second-order valence-electron chi connectivity index (χ2n) is 5.36. The van der Waals surface area contributed by atoms with Crippen molar-refractivity contribution in [1.82, 2.24) is 14.8 Å². The molecule has 5 heteroatoms. The van der Waals surface area contributed by atoms with E-state index in [0.717, 1.165) is 22.5 Å². The van der Waals surface area contributed by atoms with Crippen molar-refractivity contribution in [2.75, 3.05) is 5.32 Å². The van der Waals surface area contributed by atoms with Crippen LogP contribution in [-0.4, -0.2) is 14.8 Å². The van der Waals surface area contributed by atoms with Crippen LogP contribution in [0.3, 0.4) is 0 Å². The largest absolute Gasteiger partial charge is 0.437 e. The fraction of sp³-hybridized carbons (Fsp3) is 0.158. The maximum Gasteiger partial charge on any atom is 0.222 e. The summed E-state index contributed by atoms with van der Waals surface area (Å²) < 4.78 is 7.69. The molecular weight excluding hydrogens is 300 g/mol. The van der Waals surface area contributed by atoms with Gasteiger partial charge in [0.15, 0.2) is 0 Å². The number of anilines is 1. The number of terminal acetylenes is 1. The lowest BCUT2D eigenvalue weighted by Crippen LogP contribution is -2.03. The van der Waals surface area contributed by atoms with E-state index in [4.69, 9.17) is 11.2 Å². The van der Waals surface area contributed by atoms with Crippen LogP contribution in [0.5, 0.6) is 11.6 Å². The van der Waals surface area contributed by atoms with Crippen LogP contribution in [0.25, 0.3) is 0 Å². The van der Waals surface area contributed by atoms with Gasteiger partial charge in [-0.15, -0.1) is 6.42 Å². The summed E-state index contributed by atoms with van der Waals surface area (Å²) >= 11 is 0. The lowest BCUT2D eigenvalue weighted by atomic mass is 10.2. The van der Waals surface area contributed by atoms with Crippen LogP contribution in [0.1, 0.15) is 16.8 Å². The maximum absolute atomic E-state index is 5.96. The van der Waals surface area contributed by atoms with Gasteiger partial charge in [-0.2, -0.15) is 5.10 Å². The Hall–Kier alpha value is -3.26. The minimum absolute atomic E-state index is 0.587. The van der Waals surface area contributed by atoms with Gasteiger partial charge in [-0.05, 0) is 37.3 Å². The Labute approximate surface area is 141 Å². The second kappa shape index (κ2) is 6.88. The number of benzene rings is 1. The molecule has 3 rings (SSSR count). The molecule has 0 aliphatic heterocycles. The highest BCUT2D eigenvalue weighted by Gasteiger charge is 2.15. The van der Waals surface area contributed by atoms with Crippen molar-refractivity contribution < 1.29 is 4.74 Å². The van der Waals surface area contributed by atoms with E-state index in [2.05, 4.69) is 21.3 Å². The summed E-state index contributed by atoms with van der Waals surface area (Å²) in [5.41, 5.74) is 3.71. The zero-order chi connectivity index (χ0) is 16.9. The average molecular weight is 318 g/mol. The topological polar surface area (TPSA) is 52.0 Å². The monoisotopic (exact) mass is 318 g/mol. The number of rotatable bonds is 5. The van der Waals surface area contributed by atoms with Gasteiger partial charge in [-0.1, -0.05) is 12.0 Å². The van der Waals surface area contributed by atoms with E-state index >= 15 is 0 Å². The van der Waals surface area contributed by atoms with Gasteiger partial charge in [0, 0.05) is 31.0 Å². The second-order valence-corrected chi connectivity index (χ2v) is 5.36. The van der Waals surface area contributed by atoms with E-state index in [1.807, 2.05) is 50.4 Å². The Bertz CT molecular complexity index is 878. The molecule has 1 aromatic carbocycles. The smallest absolute Gasteiger partial charge is 0.222 e. The van der Waals surface area contributed by atoms with Crippen molar-refractivity contribution in [2.45, 2.75) is 13.5 Å². The van der Waals surface area contributed by atoms with Crippen LogP contribution >= 0.6 is 0 Å². The summed E-state index contributed by atoms with van der Waals surface area (Å²) in [5.74, 6) is 4.01. The molecule has 0 saturated heterocycles. The first-order valence-electron chi connectivity index (χ1n) is 7.58. The quantitative estimate of drug-likeness (QED) is 0.732. The van der Waals surface area contributed by atoms with Crippen molar-refractivity contribution >= 4 is 5.69 Å². The van der Waals surface area contributed by atoms with Crippen molar-refractivity contribution in [3.63, 3.8) is 0 Å². The Morgan fingerprint density at radius 1 is 1.29 bits per heavy atom. The molecule has 0 amide bonds. The standard InChI is InChI=1S/C19H18N4O/c1-4-15-7-5-8-16(11-15)21-13-18-14(2)22-23(3)19(18)24-17-9-6-10-20-12-17/h1,5-12,21H,13H2,2-3H3. The molecule has 0 aliphatic carbocycles. The Kier molecular flexibility index (Phi) is 4.48. The number of ether oxygens (including phenoxy) is 1. The fourth-order valence-electron chi connectivity index (χ4n) is 2.44. The predicted molar refractivity (Wildman–Crippen MR) is 94.0 cm³/mol. The molecule has 0 spiro atoms. The van der Waals surface area contributed by atoms with E-state index in [0.29, 0.717) is 18.2 Å². The van der Waals surface area contributed by atoms with E-state index < -0.39 is 0 Å². The van der Waals surface area contributed by atoms with E-state index in [1.54, 1.807) is 17.1 Å². The molecule has 2 aromatic heterocycles. The van der Waals surface area contributed by atoms with Crippen molar-refractivity contribution in [2.24, 2.45) is 7.05 Å². The molecule has 5 nitrogen and oxygen atoms in total. The molecule has 2 heterocycles. The van der Waals surface area contributed by atoms with Gasteiger partial charge in [0.25, 0.3) is 0 Å². The summed E-state index contributed by atoms with van der Waals surface area (Å²) in [6, 6.07) is 11.4. The van der Waals surface area contributed by atoms with Crippen molar-refractivity contribution in [3.05, 3.63) is 65.6 Å². The summed E-state index contributed by atoms with van der Waals surface area (Å²) in [5, 5.41) is 7.82. The average Bonchev–Trinajstić information content (AvgIpc) is 2.87. The highest BCUT2D eigenvalue weighted by Crippen LogP contribution is 2.27. The van der Waals surface area contributed by atoms with Gasteiger partial charge in [-0.25, -0.2) is 4.68 Å². The predicted octanol–water partition coefficient (Wildman–Crippen LogP) is 3.51. The Balaban J connectivity index is 1.81. The number of hydrogen-bond donors (Lipinski definition) is 1. The van der Waals surface area contributed by atoms with Crippen molar-refractivity contribution in [1.29, 1.82) is 0 Å². The zero-order valence-electron chi connectivity index (χ0n) is 13.7. The molecule has 24 heavy (non-hydrogen) atoms. The van der Waals surface area contributed by atoms with Crippen LogP contribution in [0, 0.1) is 19.3 Å². The molecule has 0 fully saturated rings. The molecule has 0 atom stereocenters. The molecule has 0 unspecified atom stereocenters. The molecule has 0 aliphatic rings. The van der Waals surface area contributed by atoms with Crippen LogP contribution in [0.2, 0.25) is 0 Å². The summed E-state index contributed by atoms with van der Waals surface area (Å²) in [6.45, 7) is 2.55. The number of aromatic nitrogens is 3. The Morgan fingerprint density at radius 2 is 2.17 bits per heavy atom. The third-order valence-corrected chi connectivity index (χ3v) is 3.64.